The molecule has 0 aromatic rings. The summed E-state index contributed by atoms with van der Waals surface area (Å²) in [5, 5.41) is 11.1. The lowest BCUT2D eigenvalue weighted by Gasteiger charge is -2.31. The quantitative estimate of drug-likeness (QED) is 0.117. The maximum absolute atomic E-state index is 11.5. The first kappa shape index (κ1) is 29.8. The molecule has 4 aliphatic rings. The Kier molecular flexibility index (Phi) is 12.0. The topological polar surface area (TPSA) is 74.2 Å². The van der Waals surface area contributed by atoms with Crippen LogP contribution in [0.15, 0.2) is 12.2 Å². The molecule has 2 aliphatic carbocycles. The van der Waals surface area contributed by atoms with Gasteiger partial charge in [0.1, 0.15) is 0 Å². The molecular formula is C30H49IO6. The summed E-state index contributed by atoms with van der Waals surface area (Å²) in [6.45, 7) is 3.06. The SMILES string of the molecule is CCCC1CCC([C@H](O)/C=C/[C@@H]2[C@H]3CC(C(I)CCCC(=O)OC)O[C@@H]3C[C@H]2OC2CCCCO2)CC1. The number of rotatable bonds is 12. The van der Waals surface area contributed by atoms with Crippen LogP contribution in [0.2, 0.25) is 0 Å². The molecule has 2 heterocycles. The number of hydrogen-bond donors (Lipinski definition) is 1. The Labute approximate surface area is 237 Å². The van der Waals surface area contributed by atoms with E-state index in [1.54, 1.807) is 0 Å². The summed E-state index contributed by atoms with van der Waals surface area (Å²) < 4.78 is 24.2. The number of ether oxygens (including phenoxy) is 4. The van der Waals surface area contributed by atoms with E-state index in [2.05, 4.69) is 41.7 Å². The summed E-state index contributed by atoms with van der Waals surface area (Å²) in [5.74, 6) is 1.73. The monoisotopic (exact) mass is 632 g/mol. The van der Waals surface area contributed by atoms with Crippen LogP contribution in [0.5, 0.6) is 0 Å². The lowest BCUT2D eigenvalue weighted by atomic mass is 9.77. The predicted octanol–water partition coefficient (Wildman–Crippen LogP) is 6.36. The van der Waals surface area contributed by atoms with Gasteiger partial charge < -0.3 is 24.1 Å². The second kappa shape index (κ2) is 15.0. The van der Waals surface area contributed by atoms with Gasteiger partial charge in [0.25, 0.3) is 0 Å². The highest BCUT2D eigenvalue weighted by Gasteiger charge is 2.51. The summed E-state index contributed by atoms with van der Waals surface area (Å²) in [7, 11) is 1.45. The van der Waals surface area contributed by atoms with Crippen LogP contribution in [0.1, 0.15) is 96.8 Å². The number of esters is 1. The molecule has 2 saturated heterocycles. The highest BCUT2D eigenvalue weighted by atomic mass is 127. The Morgan fingerprint density at radius 3 is 2.68 bits per heavy atom. The zero-order valence-corrected chi connectivity index (χ0v) is 25.1. The van der Waals surface area contributed by atoms with Crippen LogP contribution in [0.25, 0.3) is 0 Å². The molecule has 1 N–H and O–H groups in total. The van der Waals surface area contributed by atoms with Gasteiger partial charge in [-0.05, 0) is 69.1 Å². The van der Waals surface area contributed by atoms with Crippen molar-refractivity contribution in [2.75, 3.05) is 13.7 Å². The molecule has 0 aromatic heterocycles. The Morgan fingerprint density at radius 2 is 1.97 bits per heavy atom. The minimum atomic E-state index is -0.373. The molecule has 212 valence electrons. The van der Waals surface area contributed by atoms with Crippen molar-refractivity contribution in [2.45, 2.75) is 131 Å². The molecule has 3 unspecified atom stereocenters. The minimum Gasteiger partial charge on any atom is -0.469 e. The molecule has 4 rings (SSSR count). The number of aliphatic hydroxyl groups is 1. The van der Waals surface area contributed by atoms with Gasteiger partial charge in [0.2, 0.25) is 0 Å². The first-order valence-corrected chi connectivity index (χ1v) is 16.2. The number of fused-ring (bicyclic) bond motifs is 1. The first-order chi connectivity index (χ1) is 18.0. The zero-order valence-electron chi connectivity index (χ0n) is 22.9. The third-order valence-electron chi connectivity index (χ3n) is 9.28. The Bertz CT molecular complexity index is 717. The largest absolute Gasteiger partial charge is 0.469 e. The highest BCUT2D eigenvalue weighted by Crippen LogP contribution is 2.48. The Balaban J connectivity index is 1.35. The lowest BCUT2D eigenvalue weighted by Crippen LogP contribution is -2.32. The van der Waals surface area contributed by atoms with Crippen molar-refractivity contribution in [1.29, 1.82) is 0 Å². The molecule has 2 aliphatic heterocycles. The van der Waals surface area contributed by atoms with Gasteiger partial charge in [0.15, 0.2) is 6.29 Å². The van der Waals surface area contributed by atoms with Gasteiger partial charge in [-0.2, -0.15) is 0 Å². The van der Waals surface area contributed by atoms with Crippen molar-refractivity contribution >= 4 is 28.6 Å². The minimum absolute atomic E-state index is 0.0785. The van der Waals surface area contributed by atoms with Crippen LogP contribution < -0.4 is 0 Å². The van der Waals surface area contributed by atoms with Gasteiger partial charge in [-0.1, -0.05) is 67.3 Å². The molecule has 6 nitrogen and oxygen atoms in total. The molecule has 2 saturated carbocycles. The van der Waals surface area contributed by atoms with Crippen molar-refractivity contribution in [2.24, 2.45) is 23.7 Å². The fourth-order valence-corrected chi connectivity index (χ4v) is 8.02. The van der Waals surface area contributed by atoms with Crippen molar-refractivity contribution in [3.8, 4) is 0 Å². The van der Waals surface area contributed by atoms with E-state index in [-0.39, 0.29) is 42.6 Å². The lowest BCUT2D eigenvalue weighted by molar-refractivity contribution is -0.194. The third-order valence-corrected chi connectivity index (χ3v) is 10.7. The van der Waals surface area contributed by atoms with E-state index in [0.717, 1.165) is 70.3 Å². The molecule has 4 fully saturated rings. The first-order valence-electron chi connectivity index (χ1n) is 15.0. The van der Waals surface area contributed by atoms with Crippen molar-refractivity contribution in [1.82, 2.24) is 0 Å². The predicted molar refractivity (Wildman–Crippen MR) is 153 cm³/mol. The average Bonchev–Trinajstić information content (AvgIpc) is 3.46. The fourth-order valence-electron chi connectivity index (χ4n) is 7.11. The van der Waals surface area contributed by atoms with Crippen molar-refractivity contribution in [3.05, 3.63) is 12.2 Å². The van der Waals surface area contributed by atoms with Crippen LogP contribution in [-0.4, -0.2) is 59.4 Å². The van der Waals surface area contributed by atoms with E-state index in [4.69, 9.17) is 18.9 Å². The smallest absolute Gasteiger partial charge is 0.305 e. The van der Waals surface area contributed by atoms with Gasteiger partial charge in [-0.15, -0.1) is 0 Å². The van der Waals surface area contributed by atoms with E-state index in [1.165, 1.54) is 32.8 Å². The number of alkyl halides is 1. The molecular weight excluding hydrogens is 583 g/mol. The summed E-state index contributed by atoms with van der Waals surface area (Å²) in [6.07, 6.45) is 19.1. The highest BCUT2D eigenvalue weighted by molar-refractivity contribution is 14.1. The molecule has 8 atom stereocenters. The van der Waals surface area contributed by atoms with Crippen LogP contribution >= 0.6 is 22.6 Å². The number of aliphatic hydroxyl groups excluding tert-OH is 1. The zero-order chi connectivity index (χ0) is 26.2. The summed E-state index contributed by atoms with van der Waals surface area (Å²) in [4.78, 5) is 11.5. The second-order valence-electron chi connectivity index (χ2n) is 11.8. The Hall–Kier alpha value is -0.220. The Morgan fingerprint density at radius 1 is 1.16 bits per heavy atom. The average molecular weight is 633 g/mol. The van der Waals surface area contributed by atoms with Gasteiger partial charge in [-0.3, -0.25) is 4.79 Å². The summed E-state index contributed by atoms with van der Waals surface area (Å²) in [6, 6.07) is 0. The molecule has 0 radical (unpaired) electrons. The molecule has 37 heavy (non-hydrogen) atoms. The maximum Gasteiger partial charge on any atom is 0.305 e. The van der Waals surface area contributed by atoms with Crippen LogP contribution in [-0.2, 0) is 23.7 Å². The van der Waals surface area contributed by atoms with Crippen molar-refractivity contribution < 1.29 is 28.8 Å². The molecule has 0 amide bonds. The molecule has 7 heteroatoms. The standard InChI is InChI=1S/C30H49IO6/c1-3-7-20-11-13-21(14-12-20)25(32)16-15-22-23-18-28(24(31)8-6-9-29(33)34-2)36-27(23)19-26(22)37-30-10-4-5-17-35-30/h15-16,20-28,30,32H,3-14,17-19H2,1-2H3/b16-15+/t20?,21?,22-,23-,24?,25-,26-,27-,28?,30?/m1/s1. The van der Waals surface area contributed by atoms with Gasteiger partial charge in [-0.25, -0.2) is 0 Å². The van der Waals surface area contributed by atoms with E-state index in [0.29, 0.717) is 22.2 Å². The maximum atomic E-state index is 11.5. The van der Waals surface area contributed by atoms with Crippen molar-refractivity contribution in [3.63, 3.8) is 0 Å². The molecule has 0 spiro atoms. The van der Waals surface area contributed by atoms with E-state index in [9.17, 15) is 9.90 Å². The van der Waals surface area contributed by atoms with Gasteiger partial charge in [0, 0.05) is 29.3 Å². The number of methoxy groups -OCH3 is 1. The number of hydrogen-bond acceptors (Lipinski definition) is 6. The van der Waals surface area contributed by atoms with E-state index < -0.39 is 0 Å². The van der Waals surface area contributed by atoms with E-state index >= 15 is 0 Å². The van der Waals surface area contributed by atoms with Gasteiger partial charge in [0.05, 0.1) is 31.5 Å². The van der Waals surface area contributed by atoms with E-state index in [1.807, 2.05) is 0 Å². The van der Waals surface area contributed by atoms with Crippen LogP contribution in [0.3, 0.4) is 0 Å². The van der Waals surface area contributed by atoms with Crippen LogP contribution in [0, 0.1) is 23.7 Å². The van der Waals surface area contributed by atoms with Gasteiger partial charge >= 0.3 is 5.97 Å². The fraction of sp³-hybridized carbons (Fsp3) is 0.900. The number of halogens is 1. The summed E-state index contributed by atoms with van der Waals surface area (Å²) in [5.41, 5.74) is 0. The number of carbonyl (C=O) groups excluding carboxylic acids is 1. The third kappa shape index (κ3) is 8.38. The summed E-state index contributed by atoms with van der Waals surface area (Å²) >= 11 is 2.50. The number of carbonyl (C=O) groups is 1. The second-order valence-corrected chi connectivity index (χ2v) is 13.4. The van der Waals surface area contributed by atoms with Crippen LogP contribution in [0.4, 0.5) is 0 Å². The molecule has 0 aromatic carbocycles. The normalized spacial score (nSPS) is 37.9. The molecule has 0 bridgehead atoms.